The molecular weight excluding hydrogens is 414 g/mol. The molecule has 0 unspecified atom stereocenters. The molecule has 0 atom stereocenters. The smallest absolute Gasteiger partial charge is 0.225 e. The van der Waals surface area contributed by atoms with Gasteiger partial charge in [0, 0.05) is 35.7 Å². The second-order valence-corrected chi connectivity index (χ2v) is 8.16. The first-order valence-corrected chi connectivity index (χ1v) is 11.0. The van der Waals surface area contributed by atoms with E-state index in [4.69, 9.17) is 14.5 Å². The number of carbonyl (C=O) groups is 1. The Morgan fingerprint density at radius 2 is 1.94 bits per heavy atom. The van der Waals surface area contributed by atoms with Gasteiger partial charge in [-0.3, -0.25) is 9.79 Å². The molecule has 0 saturated carbocycles. The summed E-state index contributed by atoms with van der Waals surface area (Å²) < 4.78 is 12.2. The van der Waals surface area contributed by atoms with Gasteiger partial charge in [-0.2, -0.15) is 0 Å². The average molecular weight is 435 g/mol. The molecule has 1 aromatic heterocycles. The van der Waals surface area contributed by atoms with Crippen LogP contribution < -0.4 is 14.8 Å². The van der Waals surface area contributed by atoms with Crippen molar-refractivity contribution in [2.45, 2.75) is 19.3 Å². The molecule has 0 bridgehead atoms. The quantitative estimate of drug-likeness (QED) is 0.594. The highest BCUT2D eigenvalue weighted by Gasteiger charge is 2.22. The first kappa shape index (κ1) is 19.5. The van der Waals surface area contributed by atoms with Gasteiger partial charge in [-0.25, -0.2) is 4.98 Å². The number of aliphatic imine (C=N–C) groups is 1. The van der Waals surface area contributed by atoms with E-state index in [9.17, 15) is 4.79 Å². The number of rotatable bonds is 4. The molecule has 2 aromatic carbocycles. The van der Waals surface area contributed by atoms with Crippen molar-refractivity contribution in [1.82, 2.24) is 4.98 Å². The van der Waals surface area contributed by atoms with Crippen molar-refractivity contribution in [3.05, 3.63) is 89.1 Å². The summed E-state index contributed by atoms with van der Waals surface area (Å²) in [5.41, 5.74) is 6.11. The summed E-state index contributed by atoms with van der Waals surface area (Å²) in [4.78, 5) is 20.8. The monoisotopic (exact) mass is 435 g/mol. The summed E-state index contributed by atoms with van der Waals surface area (Å²) in [5, 5.41) is 2.81. The zero-order chi connectivity index (χ0) is 22.2. The molecule has 0 fully saturated rings. The SMILES string of the molecule is O=C1CCc2c(Oc3ccc4c(c3)C=C(C3=NC(c5ccccc5)=CC3)CO4)ccnc2N1. The van der Waals surface area contributed by atoms with Crippen LogP contribution in [0, 0.1) is 0 Å². The number of nitrogens with zero attached hydrogens (tertiary/aromatic N) is 2. The average Bonchev–Trinajstić information content (AvgIpc) is 3.35. The van der Waals surface area contributed by atoms with Crippen molar-refractivity contribution >= 4 is 29.2 Å². The third kappa shape index (κ3) is 3.80. The number of nitrogens with one attached hydrogen (secondary N) is 1. The Labute approximate surface area is 191 Å². The minimum atomic E-state index is -0.0181. The number of amides is 1. The van der Waals surface area contributed by atoms with Crippen LogP contribution in [0.1, 0.15) is 29.5 Å². The van der Waals surface area contributed by atoms with E-state index in [0.717, 1.165) is 45.8 Å². The molecule has 6 heteroatoms. The Morgan fingerprint density at radius 1 is 1.03 bits per heavy atom. The summed E-state index contributed by atoms with van der Waals surface area (Å²) >= 11 is 0. The predicted molar refractivity (Wildman–Crippen MR) is 128 cm³/mol. The highest BCUT2D eigenvalue weighted by molar-refractivity contribution is 6.10. The third-order valence-electron chi connectivity index (χ3n) is 5.98. The van der Waals surface area contributed by atoms with Gasteiger partial charge in [-0.05, 0) is 42.3 Å². The van der Waals surface area contributed by atoms with Crippen molar-refractivity contribution in [2.24, 2.45) is 4.99 Å². The van der Waals surface area contributed by atoms with Crippen molar-refractivity contribution in [1.29, 1.82) is 0 Å². The number of aromatic nitrogens is 1. The van der Waals surface area contributed by atoms with E-state index < -0.39 is 0 Å². The lowest BCUT2D eigenvalue weighted by Crippen LogP contribution is -2.20. The molecule has 0 spiro atoms. The molecule has 33 heavy (non-hydrogen) atoms. The van der Waals surface area contributed by atoms with E-state index in [2.05, 4.69) is 34.6 Å². The van der Waals surface area contributed by atoms with E-state index >= 15 is 0 Å². The van der Waals surface area contributed by atoms with Crippen molar-refractivity contribution in [3.63, 3.8) is 0 Å². The molecular formula is C27H21N3O3. The summed E-state index contributed by atoms with van der Waals surface area (Å²) in [6.07, 6.45) is 7.77. The summed E-state index contributed by atoms with van der Waals surface area (Å²) in [7, 11) is 0. The lowest BCUT2D eigenvalue weighted by Gasteiger charge is -2.21. The van der Waals surface area contributed by atoms with E-state index in [-0.39, 0.29) is 5.91 Å². The maximum absolute atomic E-state index is 11.7. The highest BCUT2D eigenvalue weighted by Crippen LogP contribution is 2.36. The summed E-state index contributed by atoms with van der Waals surface area (Å²) in [6.45, 7) is 0.500. The molecule has 6 nitrogen and oxygen atoms in total. The van der Waals surface area contributed by atoms with Crippen molar-refractivity contribution < 1.29 is 14.3 Å². The van der Waals surface area contributed by atoms with Gasteiger partial charge in [-0.1, -0.05) is 36.4 Å². The number of carbonyl (C=O) groups excluding carboxylic acids is 1. The molecule has 4 heterocycles. The molecule has 3 aliphatic rings. The van der Waals surface area contributed by atoms with Gasteiger partial charge in [0.05, 0.1) is 11.4 Å². The van der Waals surface area contributed by atoms with Crippen LogP contribution in [0.5, 0.6) is 17.2 Å². The molecule has 0 aliphatic carbocycles. The highest BCUT2D eigenvalue weighted by atomic mass is 16.5. The first-order valence-electron chi connectivity index (χ1n) is 11.0. The molecule has 3 aromatic rings. The van der Waals surface area contributed by atoms with Gasteiger partial charge in [0.25, 0.3) is 0 Å². The molecule has 162 valence electrons. The van der Waals surface area contributed by atoms with Crippen molar-refractivity contribution in [2.75, 3.05) is 11.9 Å². The second-order valence-electron chi connectivity index (χ2n) is 8.16. The zero-order valence-electron chi connectivity index (χ0n) is 17.9. The van der Waals surface area contributed by atoms with E-state index in [1.807, 2.05) is 42.5 Å². The van der Waals surface area contributed by atoms with Crippen LogP contribution in [0.15, 0.2) is 77.4 Å². The third-order valence-corrected chi connectivity index (χ3v) is 5.98. The normalized spacial score (nSPS) is 16.5. The Kier molecular flexibility index (Phi) is 4.76. The zero-order valence-corrected chi connectivity index (χ0v) is 17.9. The number of anilines is 1. The van der Waals surface area contributed by atoms with Crippen LogP contribution in [-0.2, 0) is 11.2 Å². The maximum atomic E-state index is 11.7. The molecule has 1 amide bonds. The van der Waals surface area contributed by atoms with Crippen LogP contribution in [0.4, 0.5) is 5.82 Å². The van der Waals surface area contributed by atoms with Gasteiger partial charge in [-0.15, -0.1) is 0 Å². The minimum absolute atomic E-state index is 0.0181. The largest absolute Gasteiger partial charge is 0.488 e. The van der Waals surface area contributed by atoms with E-state index in [0.29, 0.717) is 36.8 Å². The van der Waals surface area contributed by atoms with Gasteiger partial charge >= 0.3 is 0 Å². The fraction of sp³-hybridized carbons (Fsp3) is 0.148. The van der Waals surface area contributed by atoms with Gasteiger partial charge < -0.3 is 14.8 Å². The predicted octanol–water partition coefficient (Wildman–Crippen LogP) is 5.42. The molecule has 6 rings (SSSR count). The number of ether oxygens (including phenoxy) is 2. The van der Waals surface area contributed by atoms with Crippen LogP contribution in [0.2, 0.25) is 0 Å². The number of benzene rings is 2. The Balaban J connectivity index is 1.26. The molecule has 0 radical (unpaired) electrons. The second kappa shape index (κ2) is 8.06. The summed E-state index contributed by atoms with van der Waals surface area (Å²) in [6, 6.07) is 17.8. The summed E-state index contributed by atoms with van der Waals surface area (Å²) in [5.74, 6) is 2.79. The van der Waals surface area contributed by atoms with E-state index in [1.54, 1.807) is 6.20 Å². The van der Waals surface area contributed by atoms with E-state index in [1.165, 1.54) is 0 Å². The van der Waals surface area contributed by atoms with Crippen LogP contribution in [0.25, 0.3) is 11.8 Å². The Morgan fingerprint density at radius 3 is 2.85 bits per heavy atom. The fourth-order valence-electron chi connectivity index (χ4n) is 4.29. The van der Waals surface area contributed by atoms with Gasteiger partial charge in [0.2, 0.25) is 5.91 Å². The maximum Gasteiger partial charge on any atom is 0.225 e. The Hall–Kier alpha value is -4.19. The molecule has 3 aliphatic heterocycles. The number of hydrogen-bond donors (Lipinski definition) is 1. The number of hydrogen-bond acceptors (Lipinski definition) is 5. The minimum Gasteiger partial charge on any atom is -0.488 e. The molecule has 0 saturated heterocycles. The van der Waals surface area contributed by atoms with Crippen LogP contribution in [-0.4, -0.2) is 23.2 Å². The first-order chi connectivity index (χ1) is 16.2. The van der Waals surface area contributed by atoms with Gasteiger partial charge in [0.15, 0.2) is 0 Å². The number of fused-ring (bicyclic) bond motifs is 2. The number of allylic oxidation sites excluding steroid dienone is 1. The fourth-order valence-corrected chi connectivity index (χ4v) is 4.29. The Bertz CT molecular complexity index is 1360. The molecule has 1 N–H and O–H groups in total. The lowest BCUT2D eigenvalue weighted by atomic mass is 10.0. The van der Waals surface area contributed by atoms with Gasteiger partial charge in [0.1, 0.15) is 29.7 Å². The van der Waals surface area contributed by atoms with Crippen LogP contribution in [0.3, 0.4) is 0 Å². The lowest BCUT2D eigenvalue weighted by molar-refractivity contribution is -0.116. The standard InChI is InChI=1S/C27H21N3O3/c31-26-11-7-21-25(12-13-28-27(21)30-26)33-20-6-10-24-18(15-20)14-19(16-32-24)23-9-8-22(29-23)17-4-2-1-3-5-17/h1-6,8,10,12-15H,7,9,11,16H2,(H,28,30,31). The topological polar surface area (TPSA) is 72.8 Å². The van der Waals surface area contributed by atoms with Crippen LogP contribution >= 0.6 is 0 Å². The number of pyridine rings is 1. The van der Waals surface area contributed by atoms with Crippen molar-refractivity contribution in [3.8, 4) is 17.2 Å².